The molecule has 0 unspecified atom stereocenters. The molecule has 1 amide bonds. The first kappa shape index (κ1) is 15.5. The summed E-state index contributed by atoms with van der Waals surface area (Å²) in [6.07, 6.45) is -1.09. The summed E-state index contributed by atoms with van der Waals surface area (Å²) in [6, 6.07) is 6.88. The van der Waals surface area contributed by atoms with Crippen molar-refractivity contribution >= 4 is 39.0 Å². The first-order valence-corrected chi connectivity index (χ1v) is 7.32. The minimum atomic E-state index is -1.09. The zero-order valence-electron chi connectivity index (χ0n) is 11.9. The Morgan fingerprint density at radius 3 is 2.75 bits per heavy atom. The van der Waals surface area contributed by atoms with Gasteiger partial charge in [0.1, 0.15) is 16.3 Å². The maximum absolute atomic E-state index is 11.3. The van der Waals surface area contributed by atoms with Gasteiger partial charge in [0.05, 0.1) is 20.8 Å². The van der Waals surface area contributed by atoms with Gasteiger partial charge in [-0.25, -0.2) is 9.78 Å². The van der Waals surface area contributed by atoms with Crippen molar-refractivity contribution in [1.29, 1.82) is 0 Å². The molecule has 0 spiro atoms. The van der Waals surface area contributed by atoms with Crippen LogP contribution in [-0.4, -0.2) is 21.1 Å². The van der Waals surface area contributed by atoms with Gasteiger partial charge in [-0.15, -0.1) is 11.3 Å². The molecule has 0 fully saturated rings. The predicted octanol–water partition coefficient (Wildman–Crippen LogP) is 2.62. The molecular weight excluding hydrogens is 336 g/mol. The molecule has 0 saturated heterocycles. The third kappa shape index (κ3) is 2.65. The van der Waals surface area contributed by atoms with Crippen LogP contribution >= 0.6 is 11.3 Å². The number of benzene rings is 2. The number of nitrogens with zero attached hydrogens (tertiary/aromatic N) is 2. The number of hydrogen-bond donors (Lipinski definition) is 3. The molecule has 0 aliphatic heterocycles. The first-order valence-electron chi connectivity index (χ1n) is 6.51. The van der Waals surface area contributed by atoms with Crippen molar-refractivity contribution in [3.05, 3.63) is 40.4 Å². The minimum Gasteiger partial charge on any atom is -0.508 e. The van der Waals surface area contributed by atoms with Crippen LogP contribution in [0.4, 0.5) is 16.2 Å². The van der Waals surface area contributed by atoms with E-state index in [1.54, 1.807) is 6.07 Å². The molecule has 9 nitrogen and oxygen atoms in total. The maximum atomic E-state index is 11.3. The Morgan fingerprint density at radius 1 is 1.33 bits per heavy atom. The van der Waals surface area contributed by atoms with E-state index in [-0.39, 0.29) is 33.4 Å². The number of phenolic OH excluding ortho intramolecular Hbond substituents is 1. The number of carbonyl (C=O) groups excluding carboxylic acids is 1. The molecule has 10 heteroatoms. The molecule has 3 rings (SSSR count). The second-order valence-corrected chi connectivity index (χ2v) is 5.75. The van der Waals surface area contributed by atoms with E-state index in [1.807, 2.05) is 0 Å². The SMILES string of the molecule is NC(=O)Oc1ccc([N+](=O)[O-])c(-c2nc3ccc(O)cc3s2)c1N. The molecule has 5 N–H and O–H groups in total. The van der Waals surface area contributed by atoms with E-state index in [4.69, 9.17) is 16.2 Å². The Hall–Kier alpha value is -3.40. The van der Waals surface area contributed by atoms with Gasteiger partial charge >= 0.3 is 6.09 Å². The van der Waals surface area contributed by atoms with Gasteiger partial charge in [0, 0.05) is 6.07 Å². The summed E-state index contributed by atoms with van der Waals surface area (Å²) in [5, 5.41) is 21.1. The van der Waals surface area contributed by atoms with Crippen molar-refractivity contribution in [2.75, 3.05) is 5.73 Å². The fourth-order valence-electron chi connectivity index (χ4n) is 2.18. The number of ether oxygens (including phenoxy) is 1. The van der Waals surface area contributed by atoms with E-state index < -0.39 is 11.0 Å². The minimum absolute atomic E-state index is 0.0273. The summed E-state index contributed by atoms with van der Waals surface area (Å²) in [5.74, 6) is -0.0452. The summed E-state index contributed by atoms with van der Waals surface area (Å²) >= 11 is 1.11. The largest absolute Gasteiger partial charge is 0.508 e. The monoisotopic (exact) mass is 346 g/mol. The van der Waals surface area contributed by atoms with Crippen LogP contribution in [0.15, 0.2) is 30.3 Å². The van der Waals surface area contributed by atoms with Crippen molar-refractivity contribution in [1.82, 2.24) is 4.98 Å². The standard InChI is InChI=1S/C14H10N4O5S/c15-12-9(23-14(16)20)4-3-8(18(21)22)11(12)13-17-7-2-1-6(19)5-10(7)24-13/h1-5,19H,15H2,(H2,16,20). The van der Waals surface area contributed by atoms with Crippen LogP contribution in [-0.2, 0) is 0 Å². The number of aromatic hydroxyl groups is 1. The zero-order chi connectivity index (χ0) is 17.4. The van der Waals surface area contributed by atoms with Crippen molar-refractivity contribution in [2.45, 2.75) is 0 Å². The molecule has 122 valence electrons. The Balaban J connectivity index is 2.26. The van der Waals surface area contributed by atoms with Crippen LogP contribution in [0, 0.1) is 10.1 Å². The Labute approximate surface area is 138 Å². The number of amides is 1. The first-order chi connectivity index (χ1) is 11.4. The fourth-order valence-corrected chi connectivity index (χ4v) is 3.25. The van der Waals surface area contributed by atoms with Crippen LogP contribution in [0.5, 0.6) is 11.5 Å². The Bertz CT molecular complexity index is 985. The van der Waals surface area contributed by atoms with Gasteiger partial charge in [0.25, 0.3) is 5.69 Å². The summed E-state index contributed by atoms with van der Waals surface area (Å²) in [5.41, 5.74) is 11.1. The van der Waals surface area contributed by atoms with Crippen molar-refractivity contribution in [3.63, 3.8) is 0 Å². The number of rotatable bonds is 3. The molecule has 0 saturated carbocycles. The number of nitro benzene ring substituents is 1. The lowest BCUT2D eigenvalue weighted by Gasteiger charge is -2.09. The van der Waals surface area contributed by atoms with E-state index in [0.29, 0.717) is 10.2 Å². The molecule has 0 atom stereocenters. The Morgan fingerprint density at radius 2 is 2.08 bits per heavy atom. The summed E-state index contributed by atoms with van der Waals surface area (Å²) in [7, 11) is 0. The van der Waals surface area contributed by atoms with Crippen molar-refractivity contribution in [2.24, 2.45) is 5.73 Å². The summed E-state index contributed by atoms with van der Waals surface area (Å²) in [6.45, 7) is 0. The third-order valence-electron chi connectivity index (χ3n) is 3.18. The molecular formula is C14H10N4O5S. The summed E-state index contributed by atoms with van der Waals surface area (Å²) < 4.78 is 5.39. The quantitative estimate of drug-likeness (QED) is 0.374. The lowest BCUT2D eigenvalue weighted by atomic mass is 10.1. The number of nitrogens with two attached hydrogens (primary N) is 2. The second kappa shape index (κ2) is 5.66. The number of nitrogen functional groups attached to an aromatic ring is 1. The fraction of sp³-hybridized carbons (Fsp3) is 0. The van der Waals surface area contributed by atoms with Crippen LogP contribution in [0.3, 0.4) is 0 Å². The lowest BCUT2D eigenvalue weighted by molar-refractivity contribution is -0.384. The molecule has 1 aromatic heterocycles. The van der Waals surface area contributed by atoms with Crippen LogP contribution < -0.4 is 16.2 Å². The van der Waals surface area contributed by atoms with Gasteiger partial charge in [-0.3, -0.25) is 10.1 Å². The average Bonchev–Trinajstić information content (AvgIpc) is 2.90. The number of aromatic nitrogens is 1. The van der Waals surface area contributed by atoms with Gasteiger partial charge in [-0.2, -0.15) is 0 Å². The molecule has 0 radical (unpaired) electrons. The molecule has 0 aliphatic rings. The van der Waals surface area contributed by atoms with E-state index in [2.05, 4.69) is 4.98 Å². The van der Waals surface area contributed by atoms with Crippen LogP contribution in [0.1, 0.15) is 0 Å². The topological polar surface area (TPSA) is 155 Å². The smallest absolute Gasteiger partial charge is 0.410 e. The normalized spacial score (nSPS) is 10.7. The number of hydrogen-bond acceptors (Lipinski definition) is 8. The molecule has 1 heterocycles. The van der Waals surface area contributed by atoms with Crippen LogP contribution in [0.25, 0.3) is 20.8 Å². The van der Waals surface area contributed by atoms with E-state index >= 15 is 0 Å². The maximum Gasteiger partial charge on any atom is 0.410 e. The van der Waals surface area contributed by atoms with Crippen molar-refractivity contribution in [3.8, 4) is 22.1 Å². The number of anilines is 1. The number of primary amides is 1. The zero-order valence-corrected chi connectivity index (χ0v) is 12.7. The number of nitro groups is 1. The highest BCUT2D eigenvalue weighted by Crippen LogP contribution is 2.43. The van der Waals surface area contributed by atoms with Gasteiger partial charge in [0.2, 0.25) is 0 Å². The number of phenols is 1. The highest BCUT2D eigenvalue weighted by Gasteiger charge is 2.25. The highest BCUT2D eigenvalue weighted by atomic mass is 32.1. The second-order valence-electron chi connectivity index (χ2n) is 4.72. The Kier molecular flexibility index (Phi) is 3.66. The molecule has 0 aliphatic carbocycles. The van der Waals surface area contributed by atoms with Gasteiger partial charge in [-0.1, -0.05) is 0 Å². The molecule has 2 aromatic carbocycles. The highest BCUT2D eigenvalue weighted by molar-refractivity contribution is 7.21. The number of thiazole rings is 1. The van der Waals surface area contributed by atoms with Crippen molar-refractivity contribution < 1.29 is 19.6 Å². The molecule has 24 heavy (non-hydrogen) atoms. The van der Waals surface area contributed by atoms with Gasteiger partial charge in [0.15, 0.2) is 5.75 Å². The molecule has 0 bridgehead atoms. The average molecular weight is 346 g/mol. The predicted molar refractivity (Wildman–Crippen MR) is 88.0 cm³/mol. The van der Waals surface area contributed by atoms with E-state index in [0.717, 1.165) is 17.4 Å². The van der Waals surface area contributed by atoms with Crippen LogP contribution in [0.2, 0.25) is 0 Å². The number of carbonyl (C=O) groups is 1. The van der Waals surface area contributed by atoms with E-state index in [1.165, 1.54) is 18.2 Å². The summed E-state index contributed by atoms with van der Waals surface area (Å²) in [4.78, 5) is 25.9. The number of fused-ring (bicyclic) bond motifs is 1. The third-order valence-corrected chi connectivity index (χ3v) is 4.21. The lowest BCUT2D eigenvalue weighted by Crippen LogP contribution is -2.17. The molecule has 3 aromatic rings. The van der Waals surface area contributed by atoms with E-state index in [9.17, 15) is 20.0 Å². The van der Waals surface area contributed by atoms with Gasteiger partial charge in [-0.05, 0) is 24.3 Å². The van der Waals surface area contributed by atoms with Gasteiger partial charge < -0.3 is 21.3 Å².